The minimum absolute atomic E-state index is 0. The Morgan fingerprint density at radius 2 is 2.08 bits per heavy atom. The van der Waals surface area contributed by atoms with Crippen LogP contribution in [-0.4, -0.2) is 40.1 Å². The fourth-order valence-corrected chi connectivity index (χ4v) is 3.96. The predicted octanol–water partition coefficient (Wildman–Crippen LogP) is -3.39. The van der Waals surface area contributed by atoms with Crippen molar-refractivity contribution < 1.29 is 54.1 Å². The maximum absolute atomic E-state index is 12.2. The van der Waals surface area contributed by atoms with Gasteiger partial charge in [-0.15, -0.1) is 0 Å². The molecule has 4 atom stereocenters. The normalized spacial score (nSPS) is 28.5. The summed E-state index contributed by atoms with van der Waals surface area (Å²) in [6.45, 7) is 1.55. The van der Waals surface area contributed by atoms with Crippen LogP contribution in [0.1, 0.15) is 18.9 Å². The average Bonchev–Trinajstić information content (AvgIpc) is 3.05. The number of aliphatic hydroxyl groups is 1. The number of carbonyl (C=O) groups is 2. The fraction of sp³-hybridized carbons (Fsp3) is 0.412. The van der Waals surface area contributed by atoms with Gasteiger partial charge in [-0.05, 0) is 30.5 Å². The van der Waals surface area contributed by atoms with Crippen LogP contribution in [0.15, 0.2) is 35.5 Å². The van der Waals surface area contributed by atoms with E-state index >= 15 is 0 Å². The van der Waals surface area contributed by atoms with Gasteiger partial charge in [-0.3, -0.25) is 4.79 Å². The Morgan fingerprint density at radius 1 is 1.38 bits per heavy atom. The smallest absolute Gasteiger partial charge is 0.543 e. The third-order valence-electron chi connectivity index (χ3n) is 4.99. The standard InChI is InChI=1S/C17H17NO5.Na/c1-8(19)14-11-7-10(15(17(21)22)18(11)16(14)20)13-6-9-4-2-3-5-12(9)23-13;/h2-5,8,11,13-14,19H,6-7H2,1H3,(H,21,22);/q;+1/p-1/t8-,11-,13+,14-;/m1./s1. The third-order valence-corrected chi connectivity index (χ3v) is 4.99. The number of para-hydroxylation sites is 1. The van der Waals surface area contributed by atoms with Crippen molar-refractivity contribution in [1.82, 2.24) is 4.90 Å². The van der Waals surface area contributed by atoms with E-state index in [0.29, 0.717) is 18.4 Å². The molecule has 1 fully saturated rings. The molecule has 0 aliphatic carbocycles. The van der Waals surface area contributed by atoms with Gasteiger partial charge in [-0.1, -0.05) is 18.2 Å². The van der Waals surface area contributed by atoms with Gasteiger partial charge >= 0.3 is 29.6 Å². The minimum atomic E-state index is -1.36. The molecule has 0 spiro atoms. The van der Waals surface area contributed by atoms with Crippen molar-refractivity contribution in [2.45, 2.75) is 38.0 Å². The van der Waals surface area contributed by atoms with E-state index in [2.05, 4.69) is 0 Å². The number of amides is 1. The van der Waals surface area contributed by atoms with Crippen molar-refractivity contribution in [1.29, 1.82) is 0 Å². The van der Waals surface area contributed by atoms with Crippen LogP contribution in [0.2, 0.25) is 0 Å². The summed E-state index contributed by atoms with van der Waals surface area (Å²) in [7, 11) is 0. The topological polar surface area (TPSA) is 89.9 Å². The van der Waals surface area contributed by atoms with Crippen LogP contribution in [0.5, 0.6) is 5.75 Å². The molecule has 1 amide bonds. The second-order valence-corrected chi connectivity index (χ2v) is 6.33. The SMILES string of the molecule is C[C@@H](O)[C@H]1C(=O)N2C(C(=O)[O-])=C([C@@H]3Cc4ccccc4O3)C[C@H]12.[Na+]. The first kappa shape index (κ1) is 17.5. The molecule has 7 heteroatoms. The number of carboxylic acids is 1. The summed E-state index contributed by atoms with van der Waals surface area (Å²) in [4.78, 5) is 25.0. The number of carboxylic acid groups (broad SMARTS) is 1. The first-order chi connectivity index (χ1) is 11.0. The monoisotopic (exact) mass is 337 g/mol. The van der Waals surface area contributed by atoms with Gasteiger partial charge in [0, 0.05) is 6.42 Å². The quantitative estimate of drug-likeness (QED) is 0.459. The zero-order chi connectivity index (χ0) is 16.3. The van der Waals surface area contributed by atoms with Crippen LogP contribution in [0.3, 0.4) is 0 Å². The number of ether oxygens (including phenoxy) is 1. The Kier molecular flexibility index (Phi) is 4.51. The first-order valence-corrected chi connectivity index (χ1v) is 7.69. The van der Waals surface area contributed by atoms with E-state index in [1.54, 1.807) is 6.92 Å². The number of aliphatic carboxylic acids is 1. The molecule has 0 saturated carbocycles. The van der Waals surface area contributed by atoms with Gasteiger partial charge in [0.1, 0.15) is 11.9 Å². The molecular formula is C17H16NNaO5. The zero-order valence-electron chi connectivity index (χ0n) is 13.6. The molecular weight excluding hydrogens is 321 g/mol. The second-order valence-electron chi connectivity index (χ2n) is 6.33. The van der Waals surface area contributed by atoms with Crippen molar-refractivity contribution in [3.63, 3.8) is 0 Å². The van der Waals surface area contributed by atoms with Crippen LogP contribution in [0, 0.1) is 5.92 Å². The molecule has 3 aliphatic rings. The summed E-state index contributed by atoms with van der Waals surface area (Å²) in [5, 5.41) is 21.3. The number of hydrogen-bond acceptors (Lipinski definition) is 5. The third kappa shape index (κ3) is 2.40. The molecule has 0 unspecified atom stereocenters. The van der Waals surface area contributed by atoms with E-state index in [1.165, 1.54) is 4.90 Å². The molecule has 0 bridgehead atoms. The van der Waals surface area contributed by atoms with Gasteiger partial charge in [0.2, 0.25) is 5.91 Å². The Bertz CT molecular complexity index is 719. The molecule has 120 valence electrons. The summed E-state index contributed by atoms with van der Waals surface area (Å²) >= 11 is 0. The number of carbonyl (C=O) groups excluding carboxylic acids is 2. The Morgan fingerprint density at radius 3 is 2.71 bits per heavy atom. The van der Waals surface area contributed by atoms with Crippen LogP contribution >= 0.6 is 0 Å². The number of rotatable bonds is 3. The fourth-order valence-electron chi connectivity index (χ4n) is 3.96. The zero-order valence-corrected chi connectivity index (χ0v) is 15.6. The molecule has 0 aromatic heterocycles. The summed E-state index contributed by atoms with van der Waals surface area (Å²) in [5.41, 5.74) is 1.53. The van der Waals surface area contributed by atoms with Gasteiger partial charge in [0.15, 0.2) is 0 Å². The second kappa shape index (κ2) is 6.19. The van der Waals surface area contributed by atoms with E-state index in [4.69, 9.17) is 4.74 Å². The van der Waals surface area contributed by atoms with Gasteiger partial charge in [0.25, 0.3) is 0 Å². The van der Waals surface area contributed by atoms with Gasteiger partial charge in [-0.25, -0.2) is 0 Å². The average molecular weight is 337 g/mol. The van der Waals surface area contributed by atoms with Crippen molar-refractivity contribution in [2.75, 3.05) is 0 Å². The summed E-state index contributed by atoms with van der Waals surface area (Å²) in [6.07, 6.45) is -0.208. The molecule has 6 nitrogen and oxygen atoms in total. The minimum Gasteiger partial charge on any atom is -0.543 e. The van der Waals surface area contributed by atoms with Gasteiger partial charge < -0.3 is 24.6 Å². The van der Waals surface area contributed by atoms with Crippen LogP contribution in [0.25, 0.3) is 0 Å². The summed E-state index contributed by atoms with van der Waals surface area (Å²) < 4.78 is 5.88. The van der Waals surface area contributed by atoms with E-state index < -0.39 is 24.1 Å². The largest absolute Gasteiger partial charge is 1.00 e. The van der Waals surface area contributed by atoms with E-state index in [-0.39, 0.29) is 47.2 Å². The summed E-state index contributed by atoms with van der Waals surface area (Å²) in [5.74, 6) is -1.52. The number of β-lactam (4-membered cyclic amide) rings is 1. The van der Waals surface area contributed by atoms with Crippen molar-refractivity contribution in [3.05, 3.63) is 41.1 Å². The summed E-state index contributed by atoms with van der Waals surface area (Å²) in [6, 6.07) is 7.26. The van der Waals surface area contributed by atoms with E-state index in [9.17, 15) is 19.8 Å². The van der Waals surface area contributed by atoms with Crippen molar-refractivity contribution in [3.8, 4) is 5.75 Å². The molecule has 1 aromatic carbocycles. The molecule has 24 heavy (non-hydrogen) atoms. The molecule has 1 saturated heterocycles. The van der Waals surface area contributed by atoms with Gasteiger partial charge in [-0.2, -0.15) is 0 Å². The Labute approximate surface area is 161 Å². The number of aliphatic hydroxyl groups excluding tert-OH is 1. The Hall–Kier alpha value is -1.34. The van der Waals surface area contributed by atoms with Crippen LogP contribution in [0.4, 0.5) is 0 Å². The maximum Gasteiger partial charge on any atom is 1.00 e. The van der Waals surface area contributed by atoms with E-state index in [0.717, 1.165) is 11.3 Å². The van der Waals surface area contributed by atoms with E-state index in [1.807, 2.05) is 24.3 Å². The molecule has 3 aliphatic heterocycles. The molecule has 3 heterocycles. The molecule has 0 radical (unpaired) electrons. The Balaban J connectivity index is 0.00000169. The van der Waals surface area contributed by atoms with Crippen LogP contribution in [-0.2, 0) is 16.0 Å². The number of nitrogens with zero attached hydrogens (tertiary/aromatic N) is 1. The number of hydrogen-bond donors (Lipinski definition) is 1. The number of benzene rings is 1. The first-order valence-electron chi connectivity index (χ1n) is 7.69. The molecule has 4 rings (SSSR count). The van der Waals surface area contributed by atoms with Crippen LogP contribution < -0.4 is 39.4 Å². The predicted molar refractivity (Wildman–Crippen MR) is 77.0 cm³/mol. The number of fused-ring (bicyclic) bond motifs is 2. The van der Waals surface area contributed by atoms with Crippen molar-refractivity contribution >= 4 is 11.9 Å². The molecule has 1 aromatic rings. The van der Waals surface area contributed by atoms with Gasteiger partial charge in [0.05, 0.1) is 29.7 Å². The van der Waals surface area contributed by atoms with Crippen molar-refractivity contribution in [2.24, 2.45) is 5.92 Å². The molecule has 1 N–H and O–H groups in total. The maximum atomic E-state index is 12.2.